The molecule has 0 aliphatic heterocycles. The van der Waals surface area contributed by atoms with E-state index < -0.39 is 0 Å². The van der Waals surface area contributed by atoms with Crippen LogP contribution >= 0.6 is 0 Å². The minimum absolute atomic E-state index is 0.275. The molecule has 1 aromatic rings. The zero-order chi connectivity index (χ0) is 11.4. The SMILES string of the molecule is Cc1cccnc1CNCC1(CC#N)CC1. The molecular formula is C13H17N3. The topological polar surface area (TPSA) is 48.7 Å². The summed E-state index contributed by atoms with van der Waals surface area (Å²) in [5.41, 5.74) is 2.60. The van der Waals surface area contributed by atoms with E-state index >= 15 is 0 Å². The number of nitrogens with one attached hydrogen (secondary N) is 1. The molecule has 0 spiro atoms. The lowest BCUT2D eigenvalue weighted by molar-refractivity contribution is 0.464. The summed E-state index contributed by atoms with van der Waals surface area (Å²) in [5, 5.41) is 12.1. The van der Waals surface area contributed by atoms with Gasteiger partial charge in [0.05, 0.1) is 11.8 Å². The summed E-state index contributed by atoms with van der Waals surface area (Å²) >= 11 is 0. The van der Waals surface area contributed by atoms with Crippen molar-refractivity contribution >= 4 is 0 Å². The van der Waals surface area contributed by atoms with Gasteiger partial charge >= 0.3 is 0 Å². The number of nitrogens with zero attached hydrogens (tertiary/aromatic N) is 2. The Hall–Kier alpha value is -1.40. The van der Waals surface area contributed by atoms with Crippen LogP contribution in [-0.2, 0) is 6.54 Å². The minimum atomic E-state index is 0.275. The van der Waals surface area contributed by atoms with Crippen LogP contribution in [0.4, 0.5) is 0 Å². The van der Waals surface area contributed by atoms with Crippen LogP contribution in [0.15, 0.2) is 18.3 Å². The van der Waals surface area contributed by atoms with Crippen LogP contribution in [-0.4, -0.2) is 11.5 Å². The molecule has 1 heterocycles. The van der Waals surface area contributed by atoms with Crippen molar-refractivity contribution in [2.24, 2.45) is 5.41 Å². The molecule has 1 aliphatic rings. The van der Waals surface area contributed by atoms with Gasteiger partial charge in [0.1, 0.15) is 0 Å². The Kier molecular flexibility index (Phi) is 3.21. The average Bonchev–Trinajstić information content (AvgIpc) is 3.02. The predicted molar refractivity (Wildman–Crippen MR) is 62.6 cm³/mol. The maximum absolute atomic E-state index is 8.71. The third-order valence-electron chi connectivity index (χ3n) is 3.32. The van der Waals surface area contributed by atoms with E-state index in [-0.39, 0.29) is 5.41 Å². The van der Waals surface area contributed by atoms with Crippen molar-refractivity contribution in [2.45, 2.75) is 32.7 Å². The average molecular weight is 215 g/mol. The van der Waals surface area contributed by atoms with Crippen molar-refractivity contribution in [1.29, 1.82) is 5.26 Å². The Bertz CT molecular complexity index is 402. The fraction of sp³-hybridized carbons (Fsp3) is 0.538. The summed E-state index contributed by atoms with van der Waals surface area (Å²) in [6.07, 6.45) is 4.89. The first-order valence-corrected chi connectivity index (χ1v) is 5.74. The van der Waals surface area contributed by atoms with Crippen LogP contribution in [0.25, 0.3) is 0 Å². The highest BCUT2D eigenvalue weighted by Crippen LogP contribution is 2.47. The third-order valence-corrected chi connectivity index (χ3v) is 3.32. The monoisotopic (exact) mass is 215 g/mol. The van der Waals surface area contributed by atoms with E-state index in [2.05, 4.69) is 29.4 Å². The second-order valence-electron chi connectivity index (χ2n) is 4.71. The van der Waals surface area contributed by atoms with Crippen LogP contribution in [0.5, 0.6) is 0 Å². The van der Waals surface area contributed by atoms with Crippen molar-refractivity contribution < 1.29 is 0 Å². The normalized spacial score (nSPS) is 16.8. The van der Waals surface area contributed by atoms with Crippen molar-refractivity contribution in [2.75, 3.05) is 6.54 Å². The zero-order valence-electron chi connectivity index (χ0n) is 9.66. The van der Waals surface area contributed by atoms with Gasteiger partial charge in [-0.15, -0.1) is 0 Å². The van der Waals surface area contributed by atoms with Gasteiger partial charge in [-0.3, -0.25) is 4.98 Å². The van der Waals surface area contributed by atoms with Crippen LogP contribution in [0.3, 0.4) is 0 Å². The van der Waals surface area contributed by atoms with Gasteiger partial charge in [-0.05, 0) is 36.8 Å². The number of rotatable bonds is 5. The Balaban J connectivity index is 1.81. The maximum atomic E-state index is 8.71. The van der Waals surface area contributed by atoms with Crippen molar-refractivity contribution in [1.82, 2.24) is 10.3 Å². The fourth-order valence-corrected chi connectivity index (χ4v) is 1.91. The van der Waals surface area contributed by atoms with Crippen LogP contribution in [0.2, 0.25) is 0 Å². The van der Waals surface area contributed by atoms with Gasteiger partial charge in [-0.1, -0.05) is 6.07 Å². The molecule has 3 heteroatoms. The van der Waals surface area contributed by atoms with Gasteiger partial charge in [0, 0.05) is 25.7 Å². The first-order chi connectivity index (χ1) is 7.76. The van der Waals surface area contributed by atoms with Crippen LogP contribution in [0.1, 0.15) is 30.5 Å². The van der Waals surface area contributed by atoms with Gasteiger partial charge in [-0.25, -0.2) is 0 Å². The van der Waals surface area contributed by atoms with Gasteiger partial charge in [0.15, 0.2) is 0 Å². The Morgan fingerprint density at radius 2 is 2.38 bits per heavy atom. The molecule has 3 nitrogen and oxygen atoms in total. The molecule has 84 valence electrons. The van der Waals surface area contributed by atoms with E-state index in [1.54, 1.807) is 0 Å². The molecule has 0 atom stereocenters. The summed E-state index contributed by atoms with van der Waals surface area (Å²) in [6.45, 7) is 3.82. The number of hydrogen-bond acceptors (Lipinski definition) is 3. The van der Waals surface area contributed by atoms with Gasteiger partial charge in [0.2, 0.25) is 0 Å². The molecule has 0 unspecified atom stereocenters. The Morgan fingerprint density at radius 1 is 1.56 bits per heavy atom. The lowest BCUT2D eigenvalue weighted by Crippen LogP contribution is -2.24. The number of aryl methyl sites for hydroxylation is 1. The fourth-order valence-electron chi connectivity index (χ4n) is 1.91. The molecule has 2 rings (SSSR count). The van der Waals surface area contributed by atoms with E-state index in [9.17, 15) is 0 Å². The molecule has 1 aliphatic carbocycles. The van der Waals surface area contributed by atoms with Crippen molar-refractivity contribution in [3.63, 3.8) is 0 Å². The summed E-state index contributed by atoms with van der Waals surface area (Å²) in [5.74, 6) is 0. The Morgan fingerprint density at radius 3 is 3.00 bits per heavy atom. The number of aromatic nitrogens is 1. The lowest BCUT2D eigenvalue weighted by Gasteiger charge is -2.12. The molecular weight excluding hydrogens is 198 g/mol. The molecule has 16 heavy (non-hydrogen) atoms. The zero-order valence-corrected chi connectivity index (χ0v) is 9.66. The highest BCUT2D eigenvalue weighted by Gasteiger charge is 2.41. The minimum Gasteiger partial charge on any atom is -0.311 e. The number of nitriles is 1. The lowest BCUT2D eigenvalue weighted by atomic mass is 10.0. The summed E-state index contributed by atoms with van der Waals surface area (Å²) < 4.78 is 0. The van der Waals surface area contributed by atoms with E-state index in [1.165, 1.54) is 18.4 Å². The third kappa shape index (κ3) is 2.59. The summed E-state index contributed by atoms with van der Waals surface area (Å²) in [4.78, 5) is 4.34. The standard InChI is InChI=1S/C13H17N3/c1-11-3-2-8-16-12(11)9-15-10-13(4-5-13)6-7-14/h2-3,8,15H,4-6,9-10H2,1H3. The van der Waals surface area contributed by atoms with Gasteiger partial charge in [-0.2, -0.15) is 5.26 Å². The summed E-state index contributed by atoms with van der Waals surface area (Å²) in [6, 6.07) is 6.31. The first-order valence-electron chi connectivity index (χ1n) is 5.74. The first kappa shape index (κ1) is 11.1. The maximum Gasteiger partial charge on any atom is 0.0628 e. The quantitative estimate of drug-likeness (QED) is 0.819. The van der Waals surface area contributed by atoms with E-state index in [0.717, 1.165) is 18.8 Å². The summed E-state index contributed by atoms with van der Waals surface area (Å²) in [7, 11) is 0. The van der Waals surface area contributed by atoms with Crippen molar-refractivity contribution in [3.05, 3.63) is 29.6 Å². The van der Waals surface area contributed by atoms with Crippen LogP contribution < -0.4 is 5.32 Å². The van der Waals surface area contributed by atoms with Gasteiger partial charge < -0.3 is 5.32 Å². The molecule has 1 aromatic heterocycles. The highest BCUT2D eigenvalue weighted by atomic mass is 14.9. The van der Waals surface area contributed by atoms with E-state index in [4.69, 9.17) is 5.26 Å². The smallest absolute Gasteiger partial charge is 0.0628 e. The Labute approximate surface area is 96.5 Å². The molecule has 1 N–H and O–H groups in total. The molecule has 0 bridgehead atoms. The van der Waals surface area contributed by atoms with Gasteiger partial charge in [0.25, 0.3) is 0 Å². The predicted octanol–water partition coefficient (Wildman–Crippen LogP) is 2.17. The molecule has 0 saturated heterocycles. The second-order valence-corrected chi connectivity index (χ2v) is 4.71. The highest BCUT2D eigenvalue weighted by molar-refractivity contribution is 5.17. The number of hydrogen-bond donors (Lipinski definition) is 1. The molecule has 0 radical (unpaired) electrons. The molecule has 0 amide bonds. The molecule has 1 fully saturated rings. The van der Waals surface area contributed by atoms with Crippen LogP contribution in [0, 0.1) is 23.7 Å². The van der Waals surface area contributed by atoms with Crippen molar-refractivity contribution in [3.8, 4) is 6.07 Å². The van der Waals surface area contributed by atoms with E-state index in [0.29, 0.717) is 6.42 Å². The second kappa shape index (κ2) is 4.63. The molecule has 0 aromatic carbocycles. The largest absolute Gasteiger partial charge is 0.311 e. The van der Waals surface area contributed by atoms with E-state index in [1.807, 2.05) is 12.3 Å². The number of pyridine rings is 1. The molecule has 1 saturated carbocycles.